The SMILES string of the molecule is CN(Cc1ccc2nsnc2c1)C(=O)c1cccc(-c2ccn[nH]2)c1. The number of amides is 1. The molecule has 0 bridgehead atoms. The summed E-state index contributed by atoms with van der Waals surface area (Å²) in [5, 5.41) is 6.87. The van der Waals surface area contributed by atoms with Crippen molar-refractivity contribution in [3.8, 4) is 11.3 Å². The van der Waals surface area contributed by atoms with Gasteiger partial charge in [-0.1, -0.05) is 18.2 Å². The monoisotopic (exact) mass is 349 g/mol. The Bertz CT molecular complexity index is 1020. The van der Waals surface area contributed by atoms with Crippen molar-refractivity contribution < 1.29 is 4.79 Å². The lowest BCUT2D eigenvalue weighted by Gasteiger charge is -2.17. The molecule has 1 amide bonds. The van der Waals surface area contributed by atoms with Gasteiger partial charge in [-0.05, 0) is 35.9 Å². The third kappa shape index (κ3) is 3.14. The predicted octanol–water partition coefficient (Wildman–Crippen LogP) is 3.35. The summed E-state index contributed by atoms with van der Waals surface area (Å²) in [4.78, 5) is 14.5. The van der Waals surface area contributed by atoms with Gasteiger partial charge in [-0.3, -0.25) is 9.89 Å². The van der Waals surface area contributed by atoms with Gasteiger partial charge in [0.2, 0.25) is 0 Å². The Labute approximate surface area is 148 Å². The lowest BCUT2D eigenvalue weighted by molar-refractivity contribution is 0.0785. The van der Waals surface area contributed by atoms with Gasteiger partial charge in [0.1, 0.15) is 11.0 Å². The number of nitrogens with one attached hydrogen (secondary N) is 1. The number of benzene rings is 2. The molecular formula is C18H15N5OS. The van der Waals surface area contributed by atoms with Gasteiger partial charge in [-0.2, -0.15) is 13.8 Å². The van der Waals surface area contributed by atoms with Crippen molar-refractivity contribution in [3.63, 3.8) is 0 Å². The van der Waals surface area contributed by atoms with Gasteiger partial charge in [-0.15, -0.1) is 0 Å². The largest absolute Gasteiger partial charge is 0.337 e. The molecule has 1 N–H and O–H groups in total. The number of H-pyrrole nitrogens is 1. The number of aromatic amines is 1. The second kappa shape index (κ2) is 6.45. The zero-order valence-corrected chi connectivity index (χ0v) is 14.3. The topological polar surface area (TPSA) is 74.8 Å². The van der Waals surface area contributed by atoms with Gasteiger partial charge >= 0.3 is 0 Å². The Hall–Kier alpha value is -3.06. The predicted molar refractivity (Wildman–Crippen MR) is 97.2 cm³/mol. The van der Waals surface area contributed by atoms with E-state index in [1.807, 2.05) is 48.5 Å². The van der Waals surface area contributed by atoms with Crippen molar-refractivity contribution in [1.29, 1.82) is 0 Å². The first kappa shape index (κ1) is 15.5. The fraction of sp³-hybridized carbons (Fsp3) is 0.111. The Kier molecular flexibility index (Phi) is 3.99. The minimum Gasteiger partial charge on any atom is -0.337 e. The van der Waals surface area contributed by atoms with Gasteiger partial charge in [0.25, 0.3) is 5.91 Å². The lowest BCUT2D eigenvalue weighted by Crippen LogP contribution is -2.26. The lowest BCUT2D eigenvalue weighted by atomic mass is 10.1. The molecule has 0 unspecified atom stereocenters. The minimum atomic E-state index is -0.0298. The van der Waals surface area contributed by atoms with Crippen LogP contribution in [0.15, 0.2) is 54.7 Å². The van der Waals surface area contributed by atoms with Crippen LogP contribution in [0, 0.1) is 0 Å². The van der Waals surface area contributed by atoms with Gasteiger partial charge in [0.05, 0.1) is 17.4 Å². The van der Waals surface area contributed by atoms with E-state index >= 15 is 0 Å². The van der Waals surface area contributed by atoms with Crippen LogP contribution in [0.5, 0.6) is 0 Å². The summed E-state index contributed by atoms with van der Waals surface area (Å²) < 4.78 is 8.45. The maximum atomic E-state index is 12.8. The third-order valence-corrected chi connectivity index (χ3v) is 4.56. The Morgan fingerprint density at radius 1 is 1.12 bits per heavy atom. The molecule has 25 heavy (non-hydrogen) atoms. The minimum absolute atomic E-state index is 0.0298. The Balaban J connectivity index is 1.54. The summed E-state index contributed by atoms with van der Waals surface area (Å²) in [6.07, 6.45) is 1.69. The highest BCUT2D eigenvalue weighted by Crippen LogP contribution is 2.19. The summed E-state index contributed by atoms with van der Waals surface area (Å²) in [6, 6.07) is 15.3. The number of carbonyl (C=O) groups is 1. The van der Waals surface area contributed by atoms with E-state index in [1.165, 1.54) is 11.7 Å². The number of aromatic nitrogens is 4. The van der Waals surface area contributed by atoms with E-state index in [9.17, 15) is 4.79 Å². The van der Waals surface area contributed by atoms with Crippen LogP contribution in [0.1, 0.15) is 15.9 Å². The molecule has 124 valence electrons. The molecule has 0 aliphatic carbocycles. The highest BCUT2D eigenvalue weighted by Gasteiger charge is 2.14. The maximum absolute atomic E-state index is 12.8. The molecule has 0 fully saturated rings. The molecule has 2 heterocycles. The first-order valence-corrected chi connectivity index (χ1v) is 8.50. The zero-order chi connectivity index (χ0) is 17.2. The molecule has 4 aromatic rings. The van der Waals surface area contributed by atoms with Gasteiger partial charge in [0.15, 0.2) is 0 Å². The molecule has 0 atom stereocenters. The van der Waals surface area contributed by atoms with Crippen LogP contribution in [0.2, 0.25) is 0 Å². The van der Waals surface area contributed by atoms with Crippen LogP contribution in [0.4, 0.5) is 0 Å². The third-order valence-electron chi connectivity index (χ3n) is 4.01. The molecular weight excluding hydrogens is 334 g/mol. The van der Waals surface area contributed by atoms with Crippen LogP contribution < -0.4 is 0 Å². The van der Waals surface area contributed by atoms with Crippen molar-refractivity contribution in [3.05, 3.63) is 65.9 Å². The van der Waals surface area contributed by atoms with E-state index in [0.29, 0.717) is 12.1 Å². The van der Waals surface area contributed by atoms with Crippen molar-refractivity contribution >= 4 is 28.7 Å². The van der Waals surface area contributed by atoms with Crippen molar-refractivity contribution in [1.82, 2.24) is 23.8 Å². The summed E-state index contributed by atoms with van der Waals surface area (Å²) >= 11 is 1.20. The highest BCUT2D eigenvalue weighted by molar-refractivity contribution is 7.00. The number of hydrogen-bond donors (Lipinski definition) is 1. The van der Waals surface area contributed by atoms with E-state index in [4.69, 9.17) is 0 Å². The molecule has 6 nitrogen and oxygen atoms in total. The average molecular weight is 349 g/mol. The van der Waals surface area contributed by atoms with Crippen LogP contribution in [0.25, 0.3) is 22.3 Å². The van der Waals surface area contributed by atoms with Crippen LogP contribution in [-0.4, -0.2) is 36.8 Å². The number of fused-ring (bicyclic) bond motifs is 1. The molecule has 0 radical (unpaired) electrons. The normalized spacial score (nSPS) is 10.9. The first-order valence-electron chi connectivity index (χ1n) is 7.77. The van der Waals surface area contributed by atoms with E-state index in [2.05, 4.69) is 18.9 Å². The molecule has 4 rings (SSSR count). The van der Waals surface area contributed by atoms with E-state index in [0.717, 1.165) is 27.9 Å². The summed E-state index contributed by atoms with van der Waals surface area (Å²) in [6.45, 7) is 0.514. The molecule has 0 spiro atoms. The molecule has 0 aliphatic rings. The quantitative estimate of drug-likeness (QED) is 0.613. The van der Waals surface area contributed by atoms with E-state index in [1.54, 1.807) is 18.1 Å². The second-order valence-electron chi connectivity index (χ2n) is 5.80. The molecule has 0 aliphatic heterocycles. The maximum Gasteiger partial charge on any atom is 0.253 e. The fourth-order valence-corrected chi connectivity index (χ4v) is 3.25. The fourth-order valence-electron chi connectivity index (χ4n) is 2.73. The van der Waals surface area contributed by atoms with Crippen LogP contribution in [0.3, 0.4) is 0 Å². The number of nitrogens with zero attached hydrogens (tertiary/aromatic N) is 4. The van der Waals surface area contributed by atoms with Crippen molar-refractivity contribution in [2.24, 2.45) is 0 Å². The number of hydrogen-bond acceptors (Lipinski definition) is 5. The van der Waals surface area contributed by atoms with Crippen molar-refractivity contribution in [2.75, 3.05) is 7.05 Å². The Morgan fingerprint density at radius 3 is 2.84 bits per heavy atom. The van der Waals surface area contributed by atoms with Crippen molar-refractivity contribution in [2.45, 2.75) is 6.54 Å². The molecule has 2 aromatic heterocycles. The van der Waals surface area contributed by atoms with Crippen LogP contribution in [-0.2, 0) is 6.54 Å². The molecule has 2 aromatic carbocycles. The van der Waals surface area contributed by atoms with Gasteiger partial charge < -0.3 is 4.90 Å². The summed E-state index contributed by atoms with van der Waals surface area (Å²) in [5.74, 6) is -0.0298. The first-order chi connectivity index (χ1) is 12.2. The average Bonchev–Trinajstić information content (AvgIpc) is 3.32. The zero-order valence-electron chi connectivity index (χ0n) is 13.5. The molecule has 0 saturated carbocycles. The smallest absolute Gasteiger partial charge is 0.253 e. The van der Waals surface area contributed by atoms with E-state index < -0.39 is 0 Å². The van der Waals surface area contributed by atoms with Crippen LogP contribution >= 0.6 is 11.7 Å². The number of carbonyl (C=O) groups excluding carboxylic acids is 1. The van der Waals surface area contributed by atoms with Gasteiger partial charge in [-0.25, -0.2) is 0 Å². The Morgan fingerprint density at radius 2 is 2.00 bits per heavy atom. The highest BCUT2D eigenvalue weighted by atomic mass is 32.1. The molecule has 7 heteroatoms. The van der Waals surface area contributed by atoms with E-state index in [-0.39, 0.29) is 5.91 Å². The summed E-state index contributed by atoms with van der Waals surface area (Å²) in [7, 11) is 1.80. The van der Waals surface area contributed by atoms with Gasteiger partial charge in [0, 0.05) is 30.9 Å². The second-order valence-corrected chi connectivity index (χ2v) is 6.33. The number of rotatable bonds is 4. The molecule has 0 saturated heterocycles. The standard InChI is InChI=1S/C18H15N5OS/c1-23(11-12-5-6-16-17(9-12)22-25-21-16)18(24)14-4-2-3-13(10-14)15-7-8-19-20-15/h2-10H,11H2,1H3,(H,19,20). The summed E-state index contributed by atoms with van der Waals surface area (Å²) in [5.41, 5.74) is 5.25.